The SMILES string of the molecule is O=C([O-])C(Br)=CBr.O=C([O-])C(Br)=CBr.O=C([O-])C(Br)=CBr.[Ga+3]. The molecule has 0 aliphatic carbocycles. The Balaban J connectivity index is -0.000000108. The summed E-state index contributed by atoms with van der Waals surface area (Å²) in [4.78, 5) is 32.7. The number of carboxylic acid groups (broad SMARTS) is 3. The van der Waals surface area contributed by atoms with Crippen molar-refractivity contribution in [2.24, 2.45) is 0 Å². The van der Waals surface area contributed by atoms with E-state index in [1.165, 1.54) is 15.0 Å². The van der Waals surface area contributed by atoms with Crippen molar-refractivity contribution in [3.63, 3.8) is 0 Å². The molecule has 0 spiro atoms. The first-order valence-electron chi connectivity index (χ1n) is 4.06. The third-order valence-electron chi connectivity index (χ3n) is 0.872. The standard InChI is InChI=1S/3C3H2Br2O2.Ga/c3*4-1-2(5)3(6)7;/h3*1H,(H,6,7);/q;;;+3/p-3. The molecule has 0 radical (unpaired) electrons. The first-order valence-corrected chi connectivity index (χ1v) is 9.19. The Hall–Kier alpha value is 1.15. The molecule has 0 amide bonds. The van der Waals surface area contributed by atoms with Gasteiger partial charge in [0.2, 0.25) is 0 Å². The fourth-order valence-electron chi connectivity index (χ4n) is 0.134. The molecule has 6 nitrogen and oxygen atoms in total. The second kappa shape index (κ2) is 20.2. The van der Waals surface area contributed by atoms with Crippen LogP contribution in [-0.2, 0) is 14.4 Å². The number of carbonyl (C=O) groups is 3. The Morgan fingerprint density at radius 3 is 0.727 bits per heavy atom. The van der Waals surface area contributed by atoms with Gasteiger partial charge in [-0.3, -0.25) is 0 Å². The first kappa shape index (κ1) is 31.0. The van der Waals surface area contributed by atoms with Crippen LogP contribution < -0.4 is 15.3 Å². The molecular formula is C9H3Br6GaO6. The van der Waals surface area contributed by atoms with Crippen LogP contribution in [-0.4, -0.2) is 37.7 Å². The van der Waals surface area contributed by atoms with Crippen LogP contribution in [0.3, 0.4) is 0 Å². The van der Waals surface area contributed by atoms with E-state index in [2.05, 4.69) is 95.6 Å². The van der Waals surface area contributed by atoms with Crippen molar-refractivity contribution >= 4 is 133 Å². The average Bonchev–Trinajstić information content (AvgIpc) is 2.45. The number of aliphatic carboxylic acids is 3. The maximum Gasteiger partial charge on any atom is 3.00 e. The summed E-state index contributed by atoms with van der Waals surface area (Å²) in [5, 5.41) is 29.0. The van der Waals surface area contributed by atoms with Gasteiger partial charge in [-0.15, -0.1) is 0 Å². The molecule has 0 aliphatic rings. The van der Waals surface area contributed by atoms with Crippen molar-refractivity contribution in [2.75, 3.05) is 0 Å². The minimum Gasteiger partial charge on any atom is -0.544 e. The Kier molecular flexibility index (Phi) is 28.4. The van der Waals surface area contributed by atoms with Gasteiger partial charge in [-0.05, 0) is 62.7 Å². The molecule has 0 fully saturated rings. The van der Waals surface area contributed by atoms with Crippen LogP contribution in [0, 0.1) is 0 Å². The number of rotatable bonds is 3. The number of halogens is 6. The molecule has 0 aromatic rings. The summed E-state index contributed by atoms with van der Waals surface area (Å²) in [5.41, 5.74) is 0. The first-order chi connectivity index (χ1) is 9.54. The summed E-state index contributed by atoms with van der Waals surface area (Å²) < 4.78 is 0.0208. The van der Waals surface area contributed by atoms with Gasteiger partial charge in [0.1, 0.15) is 0 Å². The van der Waals surface area contributed by atoms with E-state index < -0.39 is 17.9 Å². The molecule has 0 rings (SSSR count). The molecule has 0 aliphatic heterocycles. The average molecular weight is 756 g/mol. The van der Waals surface area contributed by atoms with Crippen LogP contribution in [0.5, 0.6) is 0 Å². The van der Waals surface area contributed by atoms with Crippen molar-refractivity contribution in [1.82, 2.24) is 0 Å². The quantitative estimate of drug-likeness (QED) is 0.310. The zero-order valence-corrected chi connectivity index (χ0v) is 22.0. The molecule has 0 saturated carbocycles. The zero-order valence-electron chi connectivity index (χ0n) is 10.0. The van der Waals surface area contributed by atoms with E-state index in [4.69, 9.17) is 0 Å². The van der Waals surface area contributed by atoms with E-state index in [1.54, 1.807) is 0 Å². The largest absolute Gasteiger partial charge is 3.00 e. The van der Waals surface area contributed by atoms with Gasteiger partial charge >= 0.3 is 19.8 Å². The van der Waals surface area contributed by atoms with Gasteiger partial charge in [0.05, 0.1) is 17.9 Å². The zero-order chi connectivity index (χ0) is 17.6. The van der Waals surface area contributed by atoms with Gasteiger partial charge in [0.15, 0.2) is 0 Å². The summed E-state index contributed by atoms with van der Waals surface area (Å²) in [6.45, 7) is 0. The van der Waals surface area contributed by atoms with Gasteiger partial charge in [-0.2, -0.15) is 0 Å². The molecule has 0 bridgehead atoms. The number of hydrogen-bond acceptors (Lipinski definition) is 6. The second-order valence-electron chi connectivity index (χ2n) is 2.23. The van der Waals surface area contributed by atoms with E-state index in [0.29, 0.717) is 0 Å². The fourth-order valence-corrected chi connectivity index (χ4v) is 0.694. The monoisotopic (exact) mass is 749 g/mol. The normalized spacial score (nSPS) is 10.9. The van der Waals surface area contributed by atoms with Crippen molar-refractivity contribution in [1.29, 1.82) is 0 Å². The smallest absolute Gasteiger partial charge is 0.544 e. The van der Waals surface area contributed by atoms with Crippen LogP contribution in [0.4, 0.5) is 0 Å². The van der Waals surface area contributed by atoms with Gasteiger partial charge in [0.25, 0.3) is 0 Å². The molecule has 0 N–H and O–H groups in total. The molecule has 0 atom stereocenters. The fraction of sp³-hybridized carbons (Fsp3) is 0. The molecule has 0 saturated heterocycles. The third-order valence-corrected chi connectivity index (χ3v) is 5.75. The Morgan fingerprint density at radius 1 is 0.591 bits per heavy atom. The molecule has 120 valence electrons. The Morgan fingerprint density at radius 2 is 0.727 bits per heavy atom. The van der Waals surface area contributed by atoms with E-state index in [9.17, 15) is 29.7 Å². The van der Waals surface area contributed by atoms with E-state index in [-0.39, 0.29) is 33.2 Å². The van der Waals surface area contributed by atoms with Gasteiger partial charge in [0, 0.05) is 13.4 Å². The maximum atomic E-state index is 9.67. The number of carbonyl (C=O) groups excluding carboxylic acids is 3. The predicted molar refractivity (Wildman–Crippen MR) is 98.6 cm³/mol. The molecule has 0 aromatic heterocycles. The Labute approximate surface area is 189 Å². The van der Waals surface area contributed by atoms with Gasteiger partial charge in [-0.25, -0.2) is 0 Å². The number of carboxylic acids is 3. The van der Waals surface area contributed by atoms with Crippen molar-refractivity contribution < 1.29 is 29.7 Å². The number of hydrogen-bond donors (Lipinski definition) is 0. The van der Waals surface area contributed by atoms with Crippen LogP contribution in [0.1, 0.15) is 0 Å². The van der Waals surface area contributed by atoms with Crippen molar-refractivity contribution in [3.05, 3.63) is 28.4 Å². The van der Waals surface area contributed by atoms with Gasteiger partial charge < -0.3 is 29.7 Å². The minimum atomic E-state index is -1.23. The molecule has 0 heterocycles. The van der Waals surface area contributed by atoms with Crippen LogP contribution in [0.25, 0.3) is 0 Å². The summed E-state index contributed by atoms with van der Waals surface area (Å²) in [7, 11) is 0. The minimum absolute atomic E-state index is 0. The summed E-state index contributed by atoms with van der Waals surface area (Å²) in [6, 6.07) is 0. The topological polar surface area (TPSA) is 120 Å². The molecular weight excluding hydrogens is 753 g/mol. The maximum absolute atomic E-state index is 9.67. The van der Waals surface area contributed by atoms with Gasteiger partial charge in [-0.1, -0.05) is 47.8 Å². The third kappa shape index (κ3) is 23.4. The van der Waals surface area contributed by atoms with Crippen molar-refractivity contribution in [2.45, 2.75) is 0 Å². The second-order valence-corrected chi connectivity index (χ2v) is 6.17. The molecule has 13 heteroatoms. The van der Waals surface area contributed by atoms with Crippen LogP contribution >= 0.6 is 95.6 Å². The van der Waals surface area contributed by atoms with Crippen LogP contribution in [0.15, 0.2) is 28.4 Å². The van der Waals surface area contributed by atoms with E-state index in [0.717, 1.165) is 0 Å². The molecule has 22 heavy (non-hydrogen) atoms. The van der Waals surface area contributed by atoms with Crippen molar-refractivity contribution in [3.8, 4) is 0 Å². The molecule has 0 unspecified atom stereocenters. The summed E-state index contributed by atoms with van der Waals surface area (Å²) in [6.07, 6.45) is 0. The summed E-state index contributed by atoms with van der Waals surface area (Å²) in [5.74, 6) is -3.68. The predicted octanol–water partition coefficient (Wildman–Crippen LogP) is 0.722. The van der Waals surface area contributed by atoms with Crippen LogP contribution in [0.2, 0.25) is 0 Å². The van der Waals surface area contributed by atoms with E-state index in [1.807, 2.05) is 0 Å². The Bertz CT molecular complexity index is 395. The molecule has 0 aromatic carbocycles. The summed E-state index contributed by atoms with van der Waals surface area (Å²) >= 11 is 16.4. The van der Waals surface area contributed by atoms with E-state index >= 15 is 0 Å².